The Bertz CT molecular complexity index is 377. The molecule has 1 aromatic rings. The van der Waals surface area contributed by atoms with Gasteiger partial charge in [0.25, 0.3) is 0 Å². The quantitative estimate of drug-likeness (QED) is 0.768. The summed E-state index contributed by atoms with van der Waals surface area (Å²) in [6, 6.07) is 6.60. The summed E-state index contributed by atoms with van der Waals surface area (Å²) in [4.78, 5) is 11.2. The number of rotatable bonds is 4. The van der Waals surface area contributed by atoms with E-state index in [1.54, 1.807) is 24.3 Å². The Morgan fingerprint density at radius 3 is 2.56 bits per heavy atom. The van der Waals surface area contributed by atoms with Crippen molar-refractivity contribution in [2.24, 2.45) is 0 Å². The van der Waals surface area contributed by atoms with Crippen LogP contribution in [0.1, 0.15) is 0 Å². The minimum absolute atomic E-state index is 0.461. The van der Waals surface area contributed by atoms with Gasteiger partial charge in [-0.25, -0.2) is 0 Å². The van der Waals surface area contributed by atoms with Crippen molar-refractivity contribution in [1.29, 1.82) is 0 Å². The van der Waals surface area contributed by atoms with E-state index in [0.717, 1.165) is 11.8 Å². The number of halogens is 3. The summed E-state index contributed by atoms with van der Waals surface area (Å²) in [7, 11) is 1.42. The van der Waals surface area contributed by atoms with E-state index < -0.39 is 17.7 Å². The molecule has 0 atom stereocenters. The number of ether oxygens (including phenoxy) is 1. The summed E-state index contributed by atoms with van der Waals surface area (Å²) in [5, 5.41) is 0. The molecule has 2 nitrogen and oxygen atoms in total. The summed E-state index contributed by atoms with van der Waals surface area (Å²) in [5.41, 5.74) is 0. The topological polar surface area (TPSA) is 26.3 Å². The number of methoxy groups -OCH3 is 1. The zero-order chi connectivity index (χ0) is 12.2. The Hall–Kier alpha value is -1.17. The number of thioether (sulfide) groups is 1. The first-order chi connectivity index (χ1) is 7.45. The normalized spacial score (nSPS) is 11.2. The van der Waals surface area contributed by atoms with Crippen LogP contribution in [0.5, 0.6) is 5.75 Å². The molecule has 0 heterocycles. The second-order valence-corrected chi connectivity index (χ2v) is 3.88. The van der Waals surface area contributed by atoms with Crippen molar-refractivity contribution < 1.29 is 22.7 Å². The minimum atomic E-state index is -4.77. The van der Waals surface area contributed by atoms with Gasteiger partial charge >= 0.3 is 6.18 Å². The number of para-hydroxylation sites is 1. The summed E-state index contributed by atoms with van der Waals surface area (Å²) in [6.45, 7) is 0. The van der Waals surface area contributed by atoms with Crippen LogP contribution < -0.4 is 4.74 Å². The van der Waals surface area contributed by atoms with Crippen molar-refractivity contribution in [2.45, 2.75) is 11.1 Å². The summed E-state index contributed by atoms with van der Waals surface area (Å²) >= 11 is 0.812. The third kappa shape index (κ3) is 3.44. The van der Waals surface area contributed by atoms with Crippen molar-refractivity contribution in [2.75, 3.05) is 12.9 Å². The molecule has 0 amide bonds. The summed E-state index contributed by atoms with van der Waals surface area (Å²) < 4.78 is 40.8. The first-order valence-corrected chi connectivity index (χ1v) is 5.29. The zero-order valence-corrected chi connectivity index (χ0v) is 9.19. The predicted molar refractivity (Wildman–Crippen MR) is 54.8 cm³/mol. The number of carbonyl (C=O) groups excluding carboxylic acids is 1. The van der Waals surface area contributed by atoms with Gasteiger partial charge < -0.3 is 4.74 Å². The van der Waals surface area contributed by atoms with Crippen LogP contribution in [0.2, 0.25) is 0 Å². The molecule has 1 rings (SSSR count). The molecule has 0 bridgehead atoms. The fraction of sp³-hybridized carbons (Fsp3) is 0.300. The first-order valence-electron chi connectivity index (χ1n) is 4.31. The van der Waals surface area contributed by atoms with Gasteiger partial charge in [0.1, 0.15) is 5.75 Å². The number of Topliss-reactive ketones (excluding diaryl/α,β-unsaturated/α-hetero) is 1. The molecule has 0 spiro atoms. The zero-order valence-electron chi connectivity index (χ0n) is 8.38. The average Bonchev–Trinajstić information content (AvgIpc) is 2.24. The van der Waals surface area contributed by atoms with Gasteiger partial charge in [-0.1, -0.05) is 12.1 Å². The van der Waals surface area contributed by atoms with Gasteiger partial charge in [0, 0.05) is 4.90 Å². The van der Waals surface area contributed by atoms with E-state index in [0.29, 0.717) is 10.6 Å². The van der Waals surface area contributed by atoms with Crippen molar-refractivity contribution in [3.63, 3.8) is 0 Å². The lowest BCUT2D eigenvalue weighted by molar-refractivity contribution is -0.167. The van der Waals surface area contributed by atoms with Gasteiger partial charge in [-0.15, -0.1) is 11.8 Å². The molecule has 0 radical (unpaired) electrons. The standard InChI is InChI=1S/C10H9F3O2S/c1-15-7-4-2-3-5-8(7)16-6-9(14)10(11,12)13/h2-5H,6H2,1H3. The number of alkyl halides is 3. The maximum Gasteiger partial charge on any atom is 0.450 e. The fourth-order valence-corrected chi connectivity index (χ4v) is 1.88. The highest BCUT2D eigenvalue weighted by Gasteiger charge is 2.37. The molecule has 6 heteroatoms. The van der Waals surface area contributed by atoms with Gasteiger partial charge in [-0.05, 0) is 12.1 Å². The van der Waals surface area contributed by atoms with E-state index in [1.165, 1.54) is 7.11 Å². The minimum Gasteiger partial charge on any atom is -0.496 e. The molecule has 1 aromatic carbocycles. The molecule has 16 heavy (non-hydrogen) atoms. The van der Waals surface area contributed by atoms with Gasteiger partial charge in [-0.2, -0.15) is 13.2 Å². The van der Waals surface area contributed by atoms with E-state index in [2.05, 4.69) is 0 Å². The average molecular weight is 250 g/mol. The van der Waals surface area contributed by atoms with Crippen LogP contribution in [-0.2, 0) is 4.79 Å². The number of ketones is 1. The highest BCUT2D eigenvalue weighted by Crippen LogP contribution is 2.30. The van der Waals surface area contributed by atoms with Crippen LogP contribution in [0.3, 0.4) is 0 Å². The summed E-state index contributed by atoms with van der Waals surface area (Å²) in [5.74, 6) is -1.92. The summed E-state index contributed by atoms with van der Waals surface area (Å²) in [6.07, 6.45) is -4.77. The molecule has 0 N–H and O–H groups in total. The predicted octanol–water partition coefficient (Wildman–Crippen LogP) is 2.92. The Morgan fingerprint density at radius 1 is 1.38 bits per heavy atom. The molecular formula is C10H9F3O2S. The molecule has 0 aromatic heterocycles. The fourth-order valence-electron chi connectivity index (χ4n) is 0.963. The monoisotopic (exact) mass is 250 g/mol. The van der Waals surface area contributed by atoms with Crippen LogP contribution in [0.15, 0.2) is 29.2 Å². The lowest BCUT2D eigenvalue weighted by Gasteiger charge is -2.08. The molecule has 88 valence electrons. The van der Waals surface area contributed by atoms with Crippen LogP contribution in [0.25, 0.3) is 0 Å². The number of hydrogen-bond donors (Lipinski definition) is 0. The van der Waals surface area contributed by atoms with E-state index in [1.807, 2.05) is 0 Å². The largest absolute Gasteiger partial charge is 0.496 e. The van der Waals surface area contributed by atoms with Crippen molar-refractivity contribution in [3.8, 4) is 5.75 Å². The molecule has 0 aliphatic rings. The smallest absolute Gasteiger partial charge is 0.450 e. The van der Waals surface area contributed by atoms with Gasteiger partial charge in [0.05, 0.1) is 12.9 Å². The SMILES string of the molecule is COc1ccccc1SCC(=O)C(F)(F)F. The lowest BCUT2D eigenvalue weighted by Crippen LogP contribution is -2.24. The Kier molecular flexibility index (Phi) is 4.23. The molecular weight excluding hydrogens is 241 g/mol. The Labute approximate surface area is 94.8 Å². The van der Waals surface area contributed by atoms with E-state index in [9.17, 15) is 18.0 Å². The van der Waals surface area contributed by atoms with Crippen LogP contribution >= 0.6 is 11.8 Å². The van der Waals surface area contributed by atoms with Crippen molar-refractivity contribution in [1.82, 2.24) is 0 Å². The van der Waals surface area contributed by atoms with Gasteiger partial charge in [0.2, 0.25) is 5.78 Å². The molecule has 0 unspecified atom stereocenters. The molecule has 0 saturated heterocycles. The number of benzene rings is 1. The van der Waals surface area contributed by atoms with Crippen LogP contribution in [0.4, 0.5) is 13.2 Å². The van der Waals surface area contributed by atoms with Gasteiger partial charge in [0.15, 0.2) is 0 Å². The molecule has 0 fully saturated rings. The number of carbonyl (C=O) groups is 1. The van der Waals surface area contributed by atoms with E-state index in [4.69, 9.17) is 4.74 Å². The lowest BCUT2D eigenvalue weighted by atomic mass is 10.3. The third-order valence-corrected chi connectivity index (χ3v) is 2.80. The van der Waals surface area contributed by atoms with Crippen molar-refractivity contribution >= 4 is 17.5 Å². The maximum absolute atomic E-state index is 11.9. The van der Waals surface area contributed by atoms with E-state index in [-0.39, 0.29) is 0 Å². The number of hydrogen-bond acceptors (Lipinski definition) is 3. The molecule has 0 saturated carbocycles. The van der Waals surface area contributed by atoms with Crippen LogP contribution in [-0.4, -0.2) is 24.8 Å². The third-order valence-electron chi connectivity index (χ3n) is 1.74. The van der Waals surface area contributed by atoms with Gasteiger partial charge in [-0.3, -0.25) is 4.79 Å². The van der Waals surface area contributed by atoms with Crippen LogP contribution in [0, 0.1) is 0 Å². The highest BCUT2D eigenvalue weighted by molar-refractivity contribution is 8.00. The molecule has 0 aliphatic heterocycles. The Balaban J connectivity index is 2.65. The van der Waals surface area contributed by atoms with E-state index >= 15 is 0 Å². The second kappa shape index (κ2) is 5.25. The first kappa shape index (κ1) is 12.9. The van der Waals surface area contributed by atoms with Crippen molar-refractivity contribution in [3.05, 3.63) is 24.3 Å². The molecule has 0 aliphatic carbocycles. The maximum atomic E-state index is 11.9. The second-order valence-electron chi connectivity index (χ2n) is 2.86. The highest BCUT2D eigenvalue weighted by atomic mass is 32.2. The Morgan fingerprint density at radius 2 is 2.00 bits per heavy atom.